The van der Waals surface area contributed by atoms with E-state index in [-0.39, 0.29) is 33.0 Å². The third-order valence-electron chi connectivity index (χ3n) is 11.5. The Labute approximate surface area is 420 Å². The van der Waals surface area contributed by atoms with Gasteiger partial charge < -0.3 is 76.5 Å². The van der Waals surface area contributed by atoms with Crippen LogP contribution in [0.4, 0.5) is 0 Å². The van der Waals surface area contributed by atoms with E-state index in [1.54, 1.807) is 14.2 Å². The molecule has 0 amide bonds. The van der Waals surface area contributed by atoms with Crippen molar-refractivity contribution >= 4 is 0 Å². The number of aliphatic hydroxyl groups excluding tert-OH is 2. The second-order valence-electron chi connectivity index (χ2n) is 16.6. The third-order valence-corrected chi connectivity index (χ3v) is 11.5. The fourth-order valence-corrected chi connectivity index (χ4v) is 8.17. The van der Waals surface area contributed by atoms with Crippen LogP contribution in [-0.2, 0) is 75.5 Å². The number of ether oxygens (including phenoxy) is 14. The summed E-state index contributed by atoms with van der Waals surface area (Å²) in [5.41, 5.74) is 10.1. The molecule has 0 radical (unpaired) electrons. The molecule has 1 aliphatic rings. The second-order valence-corrected chi connectivity index (χ2v) is 16.6. The average molecular weight is 995 g/mol. The summed E-state index contributed by atoms with van der Waals surface area (Å²) in [5, 5.41) is 18.0. The molecule has 0 fully saturated rings. The van der Waals surface area contributed by atoms with Gasteiger partial charge >= 0.3 is 0 Å². The van der Waals surface area contributed by atoms with Crippen molar-refractivity contribution in [2.45, 2.75) is 32.5 Å². The first kappa shape index (κ1) is 57.8. The molecule has 4 aromatic carbocycles. The van der Waals surface area contributed by atoms with E-state index in [1.165, 1.54) is 0 Å². The van der Waals surface area contributed by atoms with Crippen molar-refractivity contribution in [3.8, 4) is 22.6 Å². The monoisotopic (exact) mass is 995 g/mol. The summed E-state index contributed by atoms with van der Waals surface area (Å²) < 4.78 is 80.6. The van der Waals surface area contributed by atoms with E-state index in [1.807, 2.05) is 6.07 Å². The Bertz CT molecular complexity index is 1920. The number of aliphatic hydroxyl groups is 2. The van der Waals surface area contributed by atoms with Crippen LogP contribution in [0.2, 0.25) is 0 Å². The van der Waals surface area contributed by atoms with Crippen LogP contribution in [0, 0.1) is 13.8 Å². The van der Waals surface area contributed by atoms with Gasteiger partial charge in [0.2, 0.25) is 0 Å². The molecule has 4 aromatic rings. The lowest BCUT2D eigenvalue weighted by atomic mass is 9.67. The Hall–Kier alpha value is -4.08. The van der Waals surface area contributed by atoms with E-state index in [0.717, 1.165) is 55.6 Å². The maximum Gasteiger partial charge on any atom is 0.161 e. The highest BCUT2D eigenvalue weighted by molar-refractivity contribution is 5.87. The zero-order valence-corrected chi connectivity index (χ0v) is 42.4. The molecule has 16 heteroatoms. The first-order valence-corrected chi connectivity index (χ1v) is 24.7. The van der Waals surface area contributed by atoms with Gasteiger partial charge in [0.15, 0.2) is 11.5 Å². The van der Waals surface area contributed by atoms with Crippen LogP contribution >= 0.6 is 0 Å². The number of hydrogen-bond donors (Lipinski definition) is 2. The summed E-state index contributed by atoms with van der Waals surface area (Å²) in [7, 11) is 3.29. The summed E-state index contributed by atoms with van der Waals surface area (Å²) in [6.45, 7) is 13.7. The van der Waals surface area contributed by atoms with Crippen LogP contribution in [0.25, 0.3) is 11.1 Å². The molecule has 71 heavy (non-hydrogen) atoms. The molecule has 0 aromatic heterocycles. The second kappa shape index (κ2) is 34.4. The average Bonchev–Trinajstić information content (AvgIpc) is 3.66. The highest BCUT2D eigenvalue weighted by Crippen LogP contribution is 2.57. The lowest BCUT2D eigenvalue weighted by molar-refractivity contribution is 0.00160. The van der Waals surface area contributed by atoms with Crippen LogP contribution in [-0.4, -0.2) is 183 Å². The molecule has 0 unspecified atom stereocenters. The summed E-state index contributed by atoms with van der Waals surface area (Å²) in [6, 6.07) is 26.3. The Morgan fingerprint density at radius 2 is 0.732 bits per heavy atom. The topological polar surface area (TPSA) is 170 Å². The molecule has 2 N–H and O–H groups in total. The van der Waals surface area contributed by atoms with Crippen LogP contribution in [0.15, 0.2) is 72.8 Å². The summed E-state index contributed by atoms with van der Waals surface area (Å²) in [5.74, 6) is 1.17. The minimum Gasteiger partial charge on any atom is -0.487 e. The Balaban J connectivity index is 1.49. The lowest BCUT2D eigenvalue weighted by Crippen LogP contribution is -2.29. The molecule has 0 aliphatic heterocycles. The maximum atomic E-state index is 9.02. The molecule has 0 saturated heterocycles. The Morgan fingerprint density at radius 1 is 0.352 bits per heavy atom. The van der Waals surface area contributed by atoms with E-state index in [9.17, 15) is 0 Å². The minimum absolute atomic E-state index is 0.0227. The van der Waals surface area contributed by atoms with Crippen LogP contribution in [0.3, 0.4) is 0 Å². The van der Waals surface area contributed by atoms with Gasteiger partial charge in [-0.15, -0.1) is 0 Å². The minimum atomic E-state index is -0.793. The number of fused-ring (bicyclic) bond motifs is 3. The molecular weight excluding hydrogens is 917 g/mol. The summed E-state index contributed by atoms with van der Waals surface area (Å²) >= 11 is 0. The maximum absolute atomic E-state index is 9.02. The standard InChI is InChI=1S/C55H78O16/c1-43-5-10-49-50-11-6-44(2)38-52(50)55(51(49)37-43,47-8-7-45(41-68-31-29-64-23-21-60-15-13-56)46(39-47)42-69-32-30-65-24-22-61-16-14-57)48-9-12-53(70-35-33-66-27-25-62-19-17-58-3)54(40-48)71-36-34-67-28-26-63-20-18-59-4/h5-12,37-40,56-57H,13-36,41-42H2,1-4H3. The van der Waals surface area contributed by atoms with Gasteiger partial charge in [0.1, 0.15) is 13.2 Å². The number of hydrogen-bond acceptors (Lipinski definition) is 16. The van der Waals surface area contributed by atoms with Gasteiger partial charge in [-0.2, -0.15) is 0 Å². The van der Waals surface area contributed by atoms with Gasteiger partial charge in [-0.25, -0.2) is 0 Å². The Morgan fingerprint density at radius 3 is 1.20 bits per heavy atom. The Kier molecular flexibility index (Phi) is 28.0. The van der Waals surface area contributed by atoms with Gasteiger partial charge in [-0.3, -0.25) is 0 Å². The van der Waals surface area contributed by atoms with Crippen molar-refractivity contribution in [2.24, 2.45) is 0 Å². The molecule has 0 heterocycles. The van der Waals surface area contributed by atoms with Crippen molar-refractivity contribution in [3.63, 3.8) is 0 Å². The number of rotatable bonds is 42. The largest absolute Gasteiger partial charge is 0.487 e. The highest BCUT2D eigenvalue weighted by atomic mass is 16.6. The van der Waals surface area contributed by atoms with Crippen LogP contribution in [0.5, 0.6) is 11.5 Å². The van der Waals surface area contributed by atoms with Gasteiger partial charge in [-0.05, 0) is 70.5 Å². The zero-order chi connectivity index (χ0) is 50.2. The lowest BCUT2D eigenvalue weighted by Gasteiger charge is -2.35. The fraction of sp³-hybridized carbons (Fsp3) is 0.564. The van der Waals surface area contributed by atoms with E-state index in [0.29, 0.717) is 150 Å². The molecule has 1 aliphatic carbocycles. The summed E-state index contributed by atoms with van der Waals surface area (Å²) in [4.78, 5) is 0. The number of aryl methyl sites for hydroxylation is 2. The van der Waals surface area contributed by atoms with E-state index < -0.39 is 5.41 Å². The molecule has 16 nitrogen and oxygen atoms in total. The van der Waals surface area contributed by atoms with Gasteiger partial charge in [0.25, 0.3) is 0 Å². The SMILES string of the molecule is COCCOCCOCCOc1ccc(C2(c3ccc(COCCOCCOCCO)c(COCCOCCOCCO)c3)c3cc(C)ccc3-c3ccc(C)cc32)cc1OCCOCCOCCOC. The fourth-order valence-electron chi connectivity index (χ4n) is 8.17. The predicted molar refractivity (Wildman–Crippen MR) is 268 cm³/mol. The normalized spacial score (nSPS) is 12.6. The molecule has 0 atom stereocenters. The van der Waals surface area contributed by atoms with Crippen molar-refractivity contribution in [3.05, 3.63) is 117 Å². The number of benzene rings is 4. The van der Waals surface area contributed by atoms with Crippen molar-refractivity contribution < 1.29 is 76.5 Å². The first-order chi connectivity index (χ1) is 35.0. The smallest absolute Gasteiger partial charge is 0.161 e. The molecule has 0 bridgehead atoms. The van der Waals surface area contributed by atoms with E-state index >= 15 is 0 Å². The predicted octanol–water partition coefficient (Wildman–Crippen LogP) is 5.87. The van der Waals surface area contributed by atoms with Crippen molar-refractivity contribution in [1.82, 2.24) is 0 Å². The first-order valence-electron chi connectivity index (χ1n) is 24.7. The van der Waals surface area contributed by atoms with Crippen LogP contribution in [0.1, 0.15) is 44.5 Å². The van der Waals surface area contributed by atoms with Gasteiger partial charge in [-0.1, -0.05) is 71.8 Å². The van der Waals surface area contributed by atoms with Gasteiger partial charge in [0.05, 0.1) is 164 Å². The molecule has 5 rings (SSSR count). The van der Waals surface area contributed by atoms with Gasteiger partial charge in [0, 0.05) is 14.2 Å². The third kappa shape index (κ3) is 18.7. The van der Waals surface area contributed by atoms with Crippen LogP contribution < -0.4 is 9.47 Å². The number of methoxy groups -OCH3 is 2. The van der Waals surface area contributed by atoms with Crippen molar-refractivity contribution in [1.29, 1.82) is 0 Å². The molecule has 0 spiro atoms. The van der Waals surface area contributed by atoms with E-state index in [4.69, 9.17) is 76.5 Å². The molecule has 394 valence electrons. The molecule has 0 saturated carbocycles. The highest BCUT2D eigenvalue weighted by Gasteiger charge is 2.47. The van der Waals surface area contributed by atoms with E-state index in [2.05, 4.69) is 80.6 Å². The zero-order valence-electron chi connectivity index (χ0n) is 42.4. The summed E-state index contributed by atoms with van der Waals surface area (Å²) in [6.07, 6.45) is 0. The quantitative estimate of drug-likeness (QED) is 0.0445. The molecular formula is C55H78O16. The van der Waals surface area contributed by atoms with Crippen molar-refractivity contribution in [2.75, 3.05) is 173 Å².